The van der Waals surface area contributed by atoms with Crippen molar-refractivity contribution in [3.63, 3.8) is 0 Å². The third-order valence-corrected chi connectivity index (χ3v) is 2.96. The van der Waals surface area contributed by atoms with E-state index in [9.17, 15) is 0 Å². The van der Waals surface area contributed by atoms with E-state index in [1.54, 1.807) is 0 Å². The number of hydrogen-bond donors (Lipinski definition) is 1. The number of nitrogens with zero attached hydrogens (tertiary/aromatic N) is 1. The van der Waals surface area contributed by atoms with E-state index < -0.39 is 0 Å². The molecule has 19 heavy (non-hydrogen) atoms. The summed E-state index contributed by atoms with van der Waals surface area (Å²) >= 11 is 0. The molecule has 0 aliphatic heterocycles. The average Bonchev–Trinajstić information content (AvgIpc) is 2.48. The zero-order valence-corrected chi connectivity index (χ0v) is 11.3. The largest absolute Gasteiger partial charge is 0.372 e. The number of pyridine rings is 1. The van der Waals surface area contributed by atoms with E-state index in [0.29, 0.717) is 6.61 Å². The predicted octanol–water partition coefficient (Wildman–Crippen LogP) is 2.60. The summed E-state index contributed by atoms with van der Waals surface area (Å²) in [6.07, 6.45) is 2.75. The van der Waals surface area contributed by atoms with Crippen molar-refractivity contribution >= 4 is 0 Å². The fourth-order valence-electron chi connectivity index (χ4n) is 1.98. The molecule has 3 nitrogen and oxygen atoms in total. The zero-order chi connectivity index (χ0) is 13.3. The molecule has 1 N–H and O–H groups in total. The number of aromatic nitrogens is 1. The Morgan fingerprint density at radius 3 is 2.58 bits per heavy atom. The van der Waals surface area contributed by atoms with Crippen LogP contribution in [0.5, 0.6) is 0 Å². The standard InChI is InChI=1S/C16H20N2O/c1-17-13-16(14-7-3-2-4-8-14)19-12-10-15-9-5-6-11-18-15/h2-9,11,16-17H,10,12-13H2,1H3. The fourth-order valence-corrected chi connectivity index (χ4v) is 1.98. The lowest BCUT2D eigenvalue weighted by molar-refractivity contribution is 0.0557. The molecular formula is C16H20N2O. The van der Waals surface area contributed by atoms with Crippen LogP contribution in [-0.2, 0) is 11.2 Å². The molecule has 1 aromatic carbocycles. The molecule has 0 bridgehead atoms. The molecule has 1 heterocycles. The lowest BCUT2D eigenvalue weighted by Gasteiger charge is -2.18. The van der Waals surface area contributed by atoms with Crippen LogP contribution < -0.4 is 5.32 Å². The van der Waals surface area contributed by atoms with E-state index in [0.717, 1.165) is 18.7 Å². The second-order valence-corrected chi connectivity index (χ2v) is 4.40. The van der Waals surface area contributed by atoms with Gasteiger partial charge < -0.3 is 10.1 Å². The van der Waals surface area contributed by atoms with Gasteiger partial charge in [-0.15, -0.1) is 0 Å². The first-order chi connectivity index (χ1) is 9.40. The van der Waals surface area contributed by atoms with Crippen molar-refractivity contribution in [3.05, 3.63) is 66.0 Å². The van der Waals surface area contributed by atoms with E-state index in [1.165, 1.54) is 5.56 Å². The van der Waals surface area contributed by atoms with Crippen LogP contribution in [0, 0.1) is 0 Å². The Bertz CT molecular complexity index is 459. The summed E-state index contributed by atoms with van der Waals surface area (Å²) in [5.74, 6) is 0. The minimum Gasteiger partial charge on any atom is -0.372 e. The Morgan fingerprint density at radius 2 is 1.89 bits per heavy atom. The molecule has 1 atom stereocenters. The first kappa shape index (κ1) is 13.7. The van der Waals surface area contributed by atoms with Crippen LogP contribution in [-0.4, -0.2) is 25.2 Å². The molecule has 0 aliphatic carbocycles. The topological polar surface area (TPSA) is 34.1 Å². The van der Waals surface area contributed by atoms with Gasteiger partial charge in [0.1, 0.15) is 0 Å². The van der Waals surface area contributed by atoms with Gasteiger partial charge in [-0.2, -0.15) is 0 Å². The second-order valence-electron chi connectivity index (χ2n) is 4.40. The van der Waals surface area contributed by atoms with Gasteiger partial charge in [-0.25, -0.2) is 0 Å². The van der Waals surface area contributed by atoms with Gasteiger partial charge in [-0.05, 0) is 24.7 Å². The highest BCUT2D eigenvalue weighted by molar-refractivity contribution is 5.18. The van der Waals surface area contributed by atoms with Gasteiger partial charge in [0.05, 0.1) is 12.7 Å². The van der Waals surface area contributed by atoms with Gasteiger partial charge in [0.15, 0.2) is 0 Å². The number of benzene rings is 1. The zero-order valence-electron chi connectivity index (χ0n) is 11.3. The first-order valence-electron chi connectivity index (χ1n) is 6.61. The summed E-state index contributed by atoms with van der Waals surface area (Å²) in [4.78, 5) is 4.30. The van der Waals surface area contributed by atoms with E-state index in [2.05, 4.69) is 22.4 Å². The predicted molar refractivity (Wildman–Crippen MR) is 77.0 cm³/mol. The van der Waals surface area contributed by atoms with Gasteiger partial charge in [0.25, 0.3) is 0 Å². The summed E-state index contributed by atoms with van der Waals surface area (Å²) < 4.78 is 5.97. The molecule has 2 aromatic rings. The number of likely N-dealkylation sites (N-methyl/N-ethyl adjacent to an activating group) is 1. The van der Waals surface area contributed by atoms with Gasteiger partial charge in [0.2, 0.25) is 0 Å². The molecule has 1 unspecified atom stereocenters. The molecule has 3 heteroatoms. The van der Waals surface area contributed by atoms with Crippen LogP contribution in [0.1, 0.15) is 17.4 Å². The molecule has 100 valence electrons. The lowest BCUT2D eigenvalue weighted by atomic mass is 10.1. The van der Waals surface area contributed by atoms with Gasteiger partial charge in [-0.3, -0.25) is 4.98 Å². The van der Waals surface area contributed by atoms with E-state index >= 15 is 0 Å². The highest BCUT2D eigenvalue weighted by Crippen LogP contribution is 2.16. The quantitative estimate of drug-likeness (QED) is 0.827. The Morgan fingerprint density at radius 1 is 1.11 bits per heavy atom. The van der Waals surface area contributed by atoms with Crippen molar-refractivity contribution in [3.8, 4) is 0 Å². The van der Waals surface area contributed by atoms with Crippen LogP contribution >= 0.6 is 0 Å². The maximum absolute atomic E-state index is 5.97. The van der Waals surface area contributed by atoms with E-state index in [1.807, 2.05) is 49.6 Å². The van der Waals surface area contributed by atoms with Crippen LogP contribution in [0.2, 0.25) is 0 Å². The minimum atomic E-state index is 0.0925. The van der Waals surface area contributed by atoms with Gasteiger partial charge in [-0.1, -0.05) is 36.4 Å². The second kappa shape index (κ2) is 7.67. The molecule has 0 aliphatic rings. The molecule has 0 amide bonds. The lowest BCUT2D eigenvalue weighted by Crippen LogP contribution is -2.20. The Hall–Kier alpha value is -1.71. The molecule has 0 spiro atoms. The normalized spacial score (nSPS) is 12.3. The van der Waals surface area contributed by atoms with Gasteiger partial charge >= 0.3 is 0 Å². The number of hydrogen-bond acceptors (Lipinski definition) is 3. The Labute approximate surface area is 114 Å². The van der Waals surface area contributed by atoms with E-state index in [4.69, 9.17) is 4.74 Å². The first-order valence-corrected chi connectivity index (χ1v) is 6.61. The SMILES string of the molecule is CNCC(OCCc1ccccn1)c1ccccc1. The van der Waals surface area contributed by atoms with Crippen LogP contribution in [0.3, 0.4) is 0 Å². The summed E-state index contributed by atoms with van der Waals surface area (Å²) in [6.45, 7) is 1.49. The highest BCUT2D eigenvalue weighted by atomic mass is 16.5. The summed E-state index contributed by atoms with van der Waals surface area (Å²) in [5, 5.41) is 3.17. The maximum Gasteiger partial charge on any atom is 0.0949 e. The fraction of sp³-hybridized carbons (Fsp3) is 0.312. The number of nitrogens with one attached hydrogen (secondary N) is 1. The molecule has 1 aromatic heterocycles. The number of ether oxygens (including phenoxy) is 1. The Kier molecular flexibility index (Phi) is 5.53. The van der Waals surface area contributed by atoms with Crippen molar-refractivity contribution in [2.24, 2.45) is 0 Å². The third-order valence-electron chi connectivity index (χ3n) is 2.96. The van der Waals surface area contributed by atoms with E-state index in [-0.39, 0.29) is 6.10 Å². The smallest absolute Gasteiger partial charge is 0.0949 e. The summed E-state index contributed by atoms with van der Waals surface area (Å²) in [7, 11) is 1.94. The van der Waals surface area contributed by atoms with Crippen molar-refractivity contribution in [2.75, 3.05) is 20.2 Å². The third kappa shape index (κ3) is 4.47. The highest BCUT2D eigenvalue weighted by Gasteiger charge is 2.10. The summed E-state index contributed by atoms with van der Waals surface area (Å²) in [5.41, 5.74) is 2.27. The van der Waals surface area contributed by atoms with Crippen LogP contribution in [0.25, 0.3) is 0 Å². The molecule has 2 rings (SSSR count). The molecular weight excluding hydrogens is 236 g/mol. The maximum atomic E-state index is 5.97. The van der Waals surface area contributed by atoms with Crippen LogP contribution in [0.15, 0.2) is 54.7 Å². The van der Waals surface area contributed by atoms with Gasteiger partial charge in [0, 0.05) is 24.9 Å². The molecule has 0 saturated carbocycles. The average molecular weight is 256 g/mol. The van der Waals surface area contributed by atoms with Crippen molar-refractivity contribution < 1.29 is 4.74 Å². The Balaban J connectivity index is 1.87. The number of rotatable bonds is 7. The van der Waals surface area contributed by atoms with Crippen LogP contribution in [0.4, 0.5) is 0 Å². The van der Waals surface area contributed by atoms with Crippen molar-refractivity contribution in [1.29, 1.82) is 0 Å². The molecule has 0 saturated heterocycles. The van der Waals surface area contributed by atoms with Crippen molar-refractivity contribution in [2.45, 2.75) is 12.5 Å². The minimum absolute atomic E-state index is 0.0925. The molecule has 0 radical (unpaired) electrons. The van der Waals surface area contributed by atoms with Crippen molar-refractivity contribution in [1.82, 2.24) is 10.3 Å². The molecule has 0 fully saturated rings. The monoisotopic (exact) mass is 256 g/mol. The summed E-state index contributed by atoms with van der Waals surface area (Å²) in [6, 6.07) is 16.3.